The predicted molar refractivity (Wildman–Crippen MR) is 30.6 cm³/mol. The van der Waals surface area contributed by atoms with Gasteiger partial charge in [0.15, 0.2) is 0 Å². The Labute approximate surface area is 76.3 Å². The van der Waals surface area contributed by atoms with Gasteiger partial charge >= 0.3 is 5.97 Å². The van der Waals surface area contributed by atoms with Crippen LogP contribution in [0.2, 0.25) is 0 Å². The Bertz CT molecular complexity index is 92.0. The van der Waals surface area contributed by atoms with Crippen molar-refractivity contribution in [3.63, 3.8) is 0 Å². The summed E-state index contributed by atoms with van der Waals surface area (Å²) in [4.78, 5) is 9.65. The average Bonchev–Trinajstić information content (AvgIpc) is 1.61. The first kappa shape index (κ1) is 11.4. The monoisotopic (exact) mass is 278 g/mol. The van der Waals surface area contributed by atoms with Crippen LogP contribution in [0.15, 0.2) is 12.2 Å². The van der Waals surface area contributed by atoms with E-state index in [0.29, 0.717) is 5.33 Å². The number of hydrogen-bond donors (Lipinski definition) is 1. The molecule has 0 unspecified atom stereocenters. The molecule has 4 heteroatoms. The van der Waals surface area contributed by atoms with E-state index in [4.69, 9.17) is 5.11 Å². The van der Waals surface area contributed by atoms with Crippen molar-refractivity contribution < 1.29 is 37.2 Å². The number of halogens is 1. The van der Waals surface area contributed by atoms with Gasteiger partial charge in [-0.15, -0.1) is 0 Å². The number of carbonyl (C=O) groups is 1. The molecule has 0 rings (SSSR count). The maximum atomic E-state index is 9.65. The van der Waals surface area contributed by atoms with Crippen LogP contribution in [0.1, 0.15) is 0 Å². The molecule has 0 aliphatic rings. The molecule has 0 aliphatic heterocycles. The second-order valence-corrected chi connectivity index (χ2v) is 1.54. The quantitative estimate of drug-likeness (QED) is 0.465. The molecule has 0 aromatic heterocycles. The van der Waals surface area contributed by atoms with Gasteiger partial charge in [-0.25, -0.2) is 4.79 Å². The molecule has 1 N–H and O–H groups in total. The Hall–Kier alpha value is 0.612. The van der Waals surface area contributed by atoms with E-state index in [1.807, 2.05) is 0 Å². The minimum absolute atomic E-state index is 0. The molecule has 0 spiro atoms. The summed E-state index contributed by atoms with van der Waals surface area (Å²) >= 11 is 3.03. The summed E-state index contributed by atoms with van der Waals surface area (Å²) in [5, 5.41) is 8.53. The molecule has 2 nitrogen and oxygen atoms in total. The number of alkyl halides is 1. The van der Waals surface area contributed by atoms with E-state index in [2.05, 4.69) is 15.9 Å². The Balaban J connectivity index is 0. The van der Waals surface area contributed by atoms with E-state index < -0.39 is 5.97 Å². The first-order chi connectivity index (χ1) is 3.27. The second kappa shape index (κ2) is 7.61. The number of carboxylic acid groups (broad SMARTS) is 1. The van der Waals surface area contributed by atoms with Gasteiger partial charge in [0.05, 0.1) is 0 Å². The van der Waals surface area contributed by atoms with Crippen molar-refractivity contribution in [2.45, 2.75) is 0 Å². The molecule has 0 fully saturated rings. The fraction of sp³-hybridized carbons (Fsp3) is 0.250. The normalized spacial score (nSPS) is 8.62. The van der Waals surface area contributed by atoms with Crippen LogP contribution in [0.25, 0.3) is 0 Å². The van der Waals surface area contributed by atoms with Crippen molar-refractivity contribution in [3.8, 4) is 0 Å². The molecule has 0 amide bonds. The second-order valence-electron chi connectivity index (χ2n) is 0.895. The van der Waals surface area contributed by atoms with Crippen molar-refractivity contribution in [2.24, 2.45) is 0 Å². The van der Waals surface area contributed by atoms with E-state index >= 15 is 0 Å². The zero-order valence-corrected chi connectivity index (χ0v) is 9.92. The van der Waals surface area contributed by atoms with E-state index in [9.17, 15) is 4.79 Å². The fourth-order valence-corrected chi connectivity index (χ4v) is 0.332. The fourth-order valence-electron chi connectivity index (χ4n) is 0.145. The molecular weight excluding hydrogens is 272 g/mol. The third-order valence-electron chi connectivity index (χ3n) is 0.350. The summed E-state index contributed by atoms with van der Waals surface area (Å²) < 4.78 is 0. The van der Waals surface area contributed by atoms with Crippen molar-refractivity contribution >= 4 is 21.9 Å². The van der Waals surface area contributed by atoms with Gasteiger partial charge < -0.3 is 5.11 Å². The SMILES string of the molecule is O=C(O)C=CCBr.[Cd]. The number of rotatable bonds is 2. The van der Waals surface area contributed by atoms with Crippen LogP contribution in [-0.4, -0.2) is 16.4 Å². The van der Waals surface area contributed by atoms with Gasteiger partial charge in [0.2, 0.25) is 0 Å². The summed E-state index contributed by atoms with van der Waals surface area (Å²) in [6, 6.07) is 0. The topological polar surface area (TPSA) is 37.3 Å². The molecule has 0 saturated heterocycles. The van der Waals surface area contributed by atoms with Crippen LogP contribution in [-0.2, 0) is 32.1 Å². The zero-order chi connectivity index (χ0) is 5.70. The van der Waals surface area contributed by atoms with Crippen LogP contribution < -0.4 is 0 Å². The summed E-state index contributed by atoms with van der Waals surface area (Å²) in [5.74, 6) is -0.903. The smallest absolute Gasteiger partial charge is 0.328 e. The molecule has 0 bridgehead atoms. The van der Waals surface area contributed by atoms with Crippen LogP contribution in [0.4, 0.5) is 0 Å². The standard InChI is InChI=1S/C4H5BrO2.Cd/c5-3-1-2-4(6)7;/h1-2H,3H2,(H,6,7);. The summed E-state index contributed by atoms with van der Waals surface area (Å²) in [6.45, 7) is 0. The molecule has 0 aliphatic carbocycles. The zero-order valence-electron chi connectivity index (χ0n) is 4.30. The molecule has 0 atom stereocenters. The van der Waals surface area contributed by atoms with Gasteiger partial charge in [-0.3, -0.25) is 0 Å². The molecular formula is C4H5BrCdO2. The average molecular weight is 277 g/mol. The van der Waals surface area contributed by atoms with Gasteiger partial charge in [-0.2, -0.15) is 0 Å². The Morgan fingerprint density at radius 1 is 1.75 bits per heavy atom. The predicted octanol–water partition coefficient (Wildman–Crippen LogP) is 1.02. The Morgan fingerprint density at radius 3 is 2.38 bits per heavy atom. The van der Waals surface area contributed by atoms with E-state index in [0.717, 1.165) is 6.08 Å². The van der Waals surface area contributed by atoms with Gasteiger partial charge in [-0.05, 0) is 0 Å². The van der Waals surface area contributed by atoms with Gasteiger partial charge in [0, 0.05) is 38.7 Å². The molecule has 0 aromatic carbocycles. The third kappa shape index (κ3) is 9.79. The van der Waals surface area contributed by atoms with Crippen LogP contribution >= 0.6 is 15.9 Å². The maximum Gasteiger partial charge on any atom is 0.328 e. The number of carboxylic acids is 1. The minimum atomic E-state index is -0.903. The van der Waals surface area contributed by atoms with Crippen molar-refractivity contribution in [1.29, 1.82) is 0 Å². The van der Waals surface area contributed by atoms with Crippen molar-refractivity contribution in [2.75, 3.05) is 5.33 Å². The third-order valence-corrected chi connectivity index (χ3v) is 0.723. The molecule has 0 radical (unpaired) electrons. The number of aliphatic carboxylic acids is 1. The van der Waals surface area contributed by atoms with E-state index in [1.165, 1.54) is 6.08 Å². The van der Waals surface area contributed by atoms with Crippen LogP contribution in [0.3, 0.4) is 0 Å². The minimum Gasteiger partial charge on any atom is -0.478 e. The Morgan fingerprint density at radius 2 is 2.25 bits per heavy atom. The molecule has 8 heavy (non-hydrogen) atoms. The van der Waals surface area contributed by atoms with E-state index in [1.54, 1.807) is 0 Å². The van der Waals surface area contributed by atoms with Crippen molar-refractivity contribution in [3.05, 3.63) is 12.2 Å². The molecule has 0 aromatic rings. The first-order valence-corrected chi connectivity index (χ1v) is 2.85. The number of allylic oxidation sites excluding steroid dienone is 1. The van der Waals surface area contributed by atoms with Crippen LogP contribution in [0.5, 0.6) is 0 Å². The van der Waals surface area contributed by atoms with Gasteiger partial charge in [0.25, 0.3) is 0 Å². The van der Waals surface area contributed by atoms with Gasteiger partial charge in [-0.1, -0.05) is 22.0 Å². The summed E-state index contributed by atoms with van der Waals surface area (Å²) in [5.41, 5.74) is 0. The van der Waals surface area contributed by atoms with Gasteiger partial charge in [0.1, 0.15) is 0 Å². The summed E-state index contributed by atoms with van der Waals surface area (Å²) in [7, 11) is 0. The molecule has 42 valence electrons. The maximum absolute atomic E-state index is 9.65. The molecule has 0 heterocycles. The first-order valence-electron chi connectivity index (χ1n) is 1.73. The van der Waals surface area contributed by atoms with Crippen molar-refractivity contribution in [1.82, 2.24) is 0 Å². The Kier molecular flexibility index (Phi) is 10.9. The largest absolute Gasteiger partial charge is 0.478 e. The molecule has 0 saturated carbocycles. The van der Waals surface area contributed by atoms with Crippen LogP contribution in [0, 0.1) is 0 Å². The van der Waals surface area contributed by atoms with E-state index in [-0.39, 0.29) is 27.3 Å². The summed E-state index contributed by atoms with van der Waals surface area (Å²) in [6.07, 6.45) is 2.61. The number of hydrogen-bond acceptors (Lipinski definition) is 1.